The van der Waals surface area contributed by atoms with Gasteiger partial charge in [-0.05, 0) is 44.2 Å². The summed E-state index contributed by atoms with van der Waals surface area (Å²) in [6, 6.07) is 3.66. The molecule has 0 bridgehead atoms. The van der Waals surface area contributed by atoms with Gasteiger partial charge in [-0.25, -0.2) is 4.79 Å². The summed E-state index contributed by atoms with van der Waals surface area (Å²) in [5.74, 6) is 0.423. The van der Waals surface area contributed by atoms with Crippen LogP contribution in [0.15, 0.2) is 12.1 Å². The molecule has 26 heavy (non-hydrogen) atoms. The predicted molar refractivity (Wildman–Crippen MR) is 102 cm³/mol. The Morgan fingerprint density at radius 2 is 1.73 bits per heavy atom. The smallest absolute Gasteiger partial charge is 0.319 e. The fraction of sp³-hybridized carbons (Fsp3) is 0.579. The van der Waals surface area contributed by atoms with Gasteiger partial charge >= 0.3 is 6.03 Å². The van der Waals surface area contributed by atoms with E-state index in [2.05, 4.69) is 5.32 Å². The number of urea groups is 1. The Balaban J connectivity index is 1.57. The van der Waals surface area contributed by atoms with Gasteiger partial charge in [0, 0.05) is 43.2 Å². The highest BCUT2D eigenvalue weighted by Crippen LogP contribution is 2.32. The van der Waals surface area contributed by atoms with Crippen LogP contribution in [0.5, 0.6) is 5.75 Å². The monoisotopic (exact) mass is 379 g/mol. The van der Waals surface area contributed by atoms with Crippen LogP contribution in [0.1, 0.15) is 31.2 Å². The Hall–Kier alpha value is -1.95. The number of nitrogens with zero attached hydrogens (tertiary/aromatic N) is 2. The van der Waals surface area contributed by atoms with Crippen LogP contribution < -0.4 is 10.1 Å². The molecule has 1 aromatic carbocycles. The summed E-state index contributed by atoms with van der Waals surface area (Å²) in [4.78, 5) is 28.9. The second-order valence-corrected chi connectivity index (χ2v) is 7.44. The molecule has 0 spiro atoms. The molecule has 2 fully saturated rings. The molecule has 0 aromatic heterocycles. The lowest BCUT2D eigenvalue weighted by Gasteiger charge is -2.34. The van der Waals surface area contributed by atoms with Crippen LogP contribution in [0.4, 0.5) is 10.5 Å². The molecular formula is C19H26ClN3O3. The summed E-state index contributed by atoms with van der Waals surface area (Å²) in [6.07, 6.45) is 3.54. The van der Waals surface area contributed by atoms with Crippen molar-refractivity contribution in [2.24, 2.45) is 5.92 Å². The highest BCUT2D eigenvalue weighted by atomic mass is 35.5. The number of carbonyl (C=O) groups is 2. The summed E-state index contributed by atoms with van der Waals surface area (Å²) in [5.41, 5.74) is 1.52. The minimum Gasteiger partial charge on any atom is -0.495 e. The van der Waals surface area contributed by atoms with E-state index < -0.39 is 0 Å². The fourth-order valence-corrected chi connectivity index (χ4v) is 3.76. The normalized spacial score (nSPS) is 18.1. The zero-order valence-corrected chi connectivity index (χ0v) is 16.1. The van der Waals surface area contributed by atoms with E-state index in [1.165, 1.54) is 0 Å². The first-order chi connectivity index (χ1) is 12.5. The molecule has 0 atom stereocenters. The van der Waals surface area contributed by atoms with Crippen molar-refractivity contribution >= 4 is 29.2 Å². The average Bonchev–Trinajstić information content (AvgIpc) is 3.18. The standard InChI is InChI=1S/C19H26ClN3O3/c1-13-11-16(17(26-2)12-15(13)20)21-18(24)14-5-9-23(10-6-14)19(25)22-7-3-4-8-22/h11-12,14H,3-10H2,1-2H3,(H,21,24). The molecule has 3 amide bonds. The molecule has 1 aromatic rings. The molecule has 0 aliphatic carbocycles. The molecule has 2 heterocycles. The highest BCUT2D eigenvalue weighted by molar-refractivity contribution is 6.31. The molecule has 0 saturated carbocycles. The van der Waals surface area contributed by atoms with Crippen molar-refractivity contribution in [2.75, 3.05) is 38.6 Å². The SMILES string of the molecule is COc1cc(Cl)c(C)cc1NC(=O)C1CCN(C(=O)N2CCCC2)CC1. The van der Waals surface area contributed by atoms with Crippen molar-refractivity contribution < 1.29 is 14.3 Å². The van der Waals surface area contributed by atoms with Crippen LogP contribution in [0.25, 0.3) is 0 Å². The number of methoxy groups -OCH3 is 1. The Labute approximate surface area is 159 Å². The van der Waals surface area contributed by atoms with Gasteiger partial charge in [0.25, 0.3) is 0 Å². The predicted octanol–water partition coefficient (Wildman–Crippen LogP) is 3.52. The lowest BCUT2D eigenvalue weighted by atomic mass is 9.96. The van der Waals surface area contributed by atoms with Crippen LogP contribution >= 0.6 is 11.6 Å². The number of carbonyl (C=O) groups excluding carboxylic acids is 2. The topological polar surface area (TPSA) is 61.9 Å². The lowest BCUT2D eigenvalue weighted by Crippen LogP contribution is -2.47. The van der Waals surface area contributed by atoms with E-state index in [0.717, 1.165) is 31.5 Å². The van der Waals surface area contributed by atoms with Crippen LogP contribution in [0, 0.1) is 12.8 Å². The van der Waals surface area contributed by atoms with Gasteiger partial charge in [-0.3, -0.25) is 4.79 Å². The third kappa shape index (κ3) is 4.06. The fourth-order valence-electron chi connectivity index (χ4n) is 3.61. The second-order valence-electron chi connectivity index (χ2n) is 7.03. The quantitative estimate of drug-likeness (QED) is 0.873. The largest absolute Gasteiger partial charge is 0.495 e. The molecule has 2 saturated heterocycles. The number of amides is 3. The van der Waals surface area contributed by atoms with Gasteiger partial charge in [0.2, 0.25) is 5.91 Å². The summed E-state index contributed by atoms with van der Waals surface area (Å²) in [7, 11) is 1.55. The minimum atomic E-state index is -0.0988. The van der Waals surface area contributed by atoms with E-state index in [1.807, 2.05) is 22.8 Å². The van der Waals surface area contributed by atoms with E-state index >= 15 is 0 Å². The first-order valence-corrected chi connectivity index (χ1v) is 9.56. The zero-order valence-electron chi connectivity index (χ0n) is 15.4. The van der Waals surface area contributed by atoms with Crippen molar-refractivity contribution in [1.82, 2.24) is 9.80 Å². The van der Waals surface area contributed by atoms with Crippen molar-refractivity contribution in [2.45, 2.75) is 32.6 Å². The van der Waals surface area contributed by atoms with Crippen LogP contribution in [0.3, 0.4) is 0 Å². The minimum absolute atomic E-state index is 0.0294. The Morgan fingerprint density at radius 3 is 2.35 bits per heavy atom. The molecule has 7 heteroatoms. The first-order valence-electron chi connectivity index (χ1n) is 9.18. The van der Waals surface area contributed by atoms with Gasteiger partial charge in [0.1, 0.15) is 5.75 Å². The number of hydrogen-bond donors (Lipinski definition) is 1. The van der Waals surface area contributed by atoms with Crippen molar-refractivity contribution in [1.29, 1.82) is 0 Å². The van der Waals surface area contributed by atoms with E-state index in [0.29, 0.717) is 42.4 Å². The van der Waals surface area contributed by atoms with Crippen molar-refractivity contribution in [3.05, 3.63) is 22.7 Å². The van der Waals surface area contributed by atoms with Gasteiger partial charge in [0.05, 0.1) is 12.8 Å². The maximum atomic E-state index is 12.7. The molecular weight excluding hydrogens is 354 g/mol. The van der Waals surface area contributed by atoms with E-state index in [4.69, 9.17) is 16.3 Å². The second kappa shape index (κ2) is 8.16. The number of anilines is 1. The number of ether oxygens (including phenoxy) is 1. The van der Waals surface area contributed by atoms with Crippen LogP contribution in [-0.2, 0) is 4.79 Å². The Kier molecular flexibility index (Phi) is 5.91. The van der Waals surface area contributed by atoms with Gasteiger partial charge < -0.3 is 19.9 Å². The summed E-state index contributed by atoms with van der Waals surface area (Å²) < 4.78 is 5.32. The van der Waals surface area contributed by atoms with Gasteiger partial charge in [-0.15, -0.1) is 0 Å². The van der Waals surface area contributed by atoms with Crippen LogP contribution in [0.2, 0.25) is 5.02 Å². The number of benzene rings is 1. The number of likely N-dealkylation sites (tertiary alicyclic amines) is 2. The third-order valence-electron chi connectivity index (χ3n) is 5.25. The van der Waals surface area contributed by atoms with Gasteiger partial charge in [-0.2, -0.15) is 0 Å². The molecule has 142 valence electrons. The highest BCUT2D eigenvalue weighted by Gasteiger charge is 2.30. The molecule has 1 N–H and O–H groups in total. The van der Waals surface area contributed by atoms with Gasteiger partial charge in [-0.1, -0.05) is 11.6 Å². The average molecular weight is 380 g/mol. The summed E-state index contributed by atoms with van der Waals surface area (Å²) in [6.45, 7) is 4.86. The lowest BCUT2D eigenvalue weighted by molar-refractivity contribution is -0.121. The third-order valence-corrected chi connectivity index (χ3v) is 5.66. The Bertz CT molecular complexity index is 681. The summed E-state index contributed by atoms with van der Waals surface area (Å²) in [5, 5.41) is 3.57. The number of piperidine rings is 1. The number of rotatable bonds is 3. The Morgan fingerprint density at radius 1 is 1.12 bits per heavy atom. The van der Waals surface area contributed by atoms with E-state index in [9.17, 15) is 9.59 Å². The van der Waals surface area contributed by atoms with Gasteiger partial charge in [0.15, 0.2) is 0 Å². The molecule has 3 rings (SSSR count). The zero-order chi connectivity index (χ0) is 18.7. The van der Waals surface area contributed by atoms with Crippen molar-refractivity contribution in [3.8, 4) is 5.75 Å². The van der Waals surface area contributed by atoms with Crippen LogP contribution in [-0.4, -0.2) is 55.0 Å². The van der Waals surface area contributed by atoms with E-state index in [1.54, 1.807) is 13.2 Å². The van der Waals surface area contributed by atoms with E-state index in [-0.39, 0.29) is 17.9 Å². The maximum Gasteiger partial charge on any atom is 0.319 e. The molecule has 0 radical (unpaired) electrons. The first kappa shape index (κ1) is 18.8. The molecule has 0 unspecified atom stereocenters. The molecule has 2 aliphatic rings. The number of aryl methyl sites for hydroxylation is 1. The number of nitrogens with one attached hydrogen (secondary N) is 1. The maximum absolute atomic E-state index is 12.7. The number of hydrogen-bond acceptors (Lipinski definition) is 3. The molecule has 6 nitrogen and oxygen atoms in total. The van der Waals surface area contributed by atoms with Crippen molar-refractivity contribution in [3.63, 3.8) is 0 Å². The summed E-state index contributed by atoms with van der Waals surface area (Å²) >= 11 is 6.12. The number of halogens is 1. The molecule has 2 aliphatic heterocycles.